The predicted octanol–water partition coefficient (Wildman–Crippen LogP) is 3.91. The molecule has 1 unspecified atom stereocenters. The molecular weight excluding hydrogens is 258 g/mol. The molecule has 19 heavy (non-hydrogen) atoms. The highest BCUT2D eigenvalue weighted by Gasteiger charge is 2.35. The topological polar surface area (TPSA) is 12.0 Å². The van der Waals surface area contributed by atoms with Crippen LogP contribution < -0.4 is 5.32 Å². The molecule has 1 aromatic rings. The van der Waals surface area contributed by atoms with Gasteiger partial charge in [0.15, 0.2) is 0 Å². The van der Waals surface area contributed by atoms with E-state index < -0.39 is 23.6 Å². The molecule has 0 fully saturated rings. The van der Waals surface area contributed by atoms with Crippen molar-refractivity contribution in [2.45, 2.75) is 32.0 Å². The van der Waals surface area contributed by atoms with E-state index in [1.54, 1.807) is 0 Å². The number of benzene rings is 1. The summed E-state index contributed by atoms with van der Waals surface area (Å²) < 4.78 is 51.9. The molecule has 0 saturated heterocycles. The Balaban J connectivity index is 3.20. The summed E-state index contributed by atoms with van der Waals surface area (Å²) in [5, 5.41) is 2.92. The summed E-state index contributed by atoms with van der Waals surface area (Å²) in [5.74, 6) is 1.62. The zero-order valence-electron chi connectivity index (χ0n) is 10.5. The van der Waals surface area contributed by atoms with Gasteiger partial charge in [-0.05, 0) is 36.7 Å². The summed E-state index contributed by atoms with van der Waals surface area (Å²) in [4.78, 5) is 0. The molecule has 0 aliphatic heterocycles. The Bertz CT molecular complexity index is 459. The predicted molar refractivity (Wildman–Crippen MR) is 65.9 cm³/mol. The van der Waals surface area contributed by atoms with Crippen LogP contribution in [-0.4, -0.2) is 6.54 Å². The maximum atomic E-state index is 13.2. The third-order valence-corrected chi connectivity index (χ3v) is 2.66. The van der Waals surface area contributed by atoms with Crippen LogP contribution in [0.25, 0.3) is 0 Å². The molecule has 0 bridgehead atoms. The second kappa shape index (κ2) is 6.58. The number of alkyl halides is 3. The Morgan fingerprint density at radius 3 is 2.58 bits per heavy atom. The average Bonchev–Trinajstić information content (AvgIpc) is 2.32. The minimum absolute atomic E-state index is 0.0759. The molecule has 1 nitrogen and oxygen atoms in total. The highest BCUT2D eigenvalue weighted by molar-refractivity contribution is 5.33. The quantitative estimate of drug-likeness (QED) is 0.633. The van der Waals surface area contributed by atoms with Crippen LogP contribution in [0.1, 0.15) is 36.9 Å². The third kappa shape index (κ3) is 4.25. The lowest BCUT2D eigenvalue weighted by atomic mass is 9.97. The molecule has 1 aromatic carbocycles. The van der Waals surface area contributed by atoms with Crippen molar-refractivity contribution in [2.24, 2.45) is 0 Å². The van der Waals surface area contributed by atoms with E-state index in [0.717, 1.165) is 24.6 Å². The summed E-state index contributed by atoms with van der Waals surface area (Å²) in [5.41, 5.74) is -0.989. The molecule has 0 spiro atoms. The van der Waals surface area contributed by atoms with Gasteiger partial charge >= 0.3 is 6.18 Å². The van der Waals surface area contributed by atoms with E-state index in [-0.39, 0.29) is 12.0 Å². The van der Waals surface area contributed by atoms with Crippen LogP contribution in [-0.2, 0) is 6.18 Å². The first kappa shape index (κ1) is 15.5. The van der Waals surface area contributed by atoms with E-state index in [9.17, 15) is 17.6 Å². The Hall–Kier alpha value is -1.54. The van der Waals surface area contributed by atoms with Crippen molar-refractivity contribution in [3.63, 3.8) is 0 Å². The van der Waals surface area contributed by atoms with Crippen molar-refractivity contribution in [3.05, 3.63) is 35.1 Å². The molecule has 1 atom stereocenters. The summed E-state index contributed by atoms with van der Waals surface area (Å²) in [7, 11) is 0. The summed E-state index contributed by atoms with van der Waals surface area (Å²) >= 11 is 0. The van der Waals surface area contributed by atoms with Gasteiger partial charge < -0.3 is 5.32 Å². The van der Waals surface area contributed by atoms with Crippen LogP contribution in [0.3, 0.4) is 0 Å². The van der Waals surface area contributed by atoms with Crippen molar-refractivity contribution in [1.29, 1.82) is 0 Å². The highest BCUT2D eigenvalue weighted by atomic mass is 19.4. The number of hydrogen-bond donors (Lipinski definition) is 1. The fraction of sp³-hybridized carbons (Fsp3) is 0.429. The Morgan fingerprint density at radius 1 is 1.37 bits per heavy atom. The van der Waals surface area contributed by atoms with Gasteiger partial charge in [-0.1, -0.05) is 6.92 Å². The smallest absolute Gasteiger partial charge is 0.309 e. The first-order valence-corrected chi connectivity index (χ1v) is 5.93. The molecule has 0 amide bonds. The maximum Gasteiger partial charge on any atom is 0.416 e. The average molecular weight is 273 g/mol. The van der Waals surface area contributed by atoms with Gasteiger partial charge in [-0.15, -0.1) is 12.3 Å². The van der Waals surface area contributed by atoms with Crippen molar-refractivity contribution in [3.8, 4) is 12.3 Å². The largest absolute Gasteiger partial charge is 0.416 e. The number of hydrogen-bond acceptors (Lipinski definition) is 1. The fourth-order valence-electron chi connectivity index (χ4n) is 1.81. The highest BCUT2D eigenvalue weighted by Crippen LogP contribution is 2.35. The molecule has 0 radical (unpaired) electrons. The summed E-state index contributed by atoms with van der Waals surface area (Å²) in [6, 6.07) is 1.76. The minimum atomic E-state index is -4.52. The number of rotatable bonds is 5. The maximum absolute atomic E-state index is 13.2. The number of halogens is 4. The first-order valence-electron chi connectivity index (χ1n) is 5.93. The van der Waals surface area contributed by atoms with E-state index in [1.165, 1.54) is 0 Å². The second-order valence-electron chi connectivity index (χ2n) is 4.14. The van der Waals surface area contributed by atoms with Crippen molar-refractivity contribution in [1.82, 2.24) is 5.32 Å². The Labute approximate surface area is 110 Å². The second-order valence-corrected chi connectivity index (χ2v) is 4.14. The minimum Gasteiger partial charge on any atom is -0.309 e. The zero-order chi connectivity index (χ0) is 14.5. The van der Waals surface area contributed by atoms with Gasteiger partial charge in [0.1, 0.15) is 5.82 Å². The summed E-state index contributed by atoms with van der Waals surface area (Å²) in [6.45, 7) is 2.40. The molecule has 0 saturated carbocycles. The Kier molecular flexibility index (Phi) is 5.37. The number of nitrogens with one attached hydrogen (secondary N) is 1. The van der Waals surface area contributed by atoms with Gasteiger partial charge in [-0.2, -0.15) is 13.2 Å². The standard InChI is InChI=1S/C14H15F4N/c1-3-5-13(19-8-4-2)11-9-10(15)6-7-12(11)14(16,17)18/h1,6-7,9,13,19H,4-5,8H2,2H3. The molecule has 5 heteroatoms. The van der Waals surface area contributed by atoms with Gasteiger partial charge in [0.25, 0.3) is 0 Å². The monoisotopic (exact) mass is 273 g/mol. The van der Waals surface area contributed by atoms with Crippen LogP contribution in [0, 0.1) is 18.2 Å². The third-order valence-electron chi connectivity index (χ3n) is 2.66. The van der Waals surface area contributed by atoms with Crippen LogP contribution >= 0.6 is 0 Å². The lowest BCUT2D eigenvalue weighted by molar-refractivity contribution is -0.138. The molecule has 1 rings (SSSR count). The lowest BCUT2D eigenvalue weighted by Crippen LogP contribution is -2.25. The molecular formula is C14H15F4N. The first-order chi connectivity index (χ1) is 8.90. The van der Waals surface area contributed by atoms with Crippen molar-refractivity contribution in [2.75, 3.05) is 6.54 Å². The normalized spacial score (nSPS) is 13.1. The number of terminal acetylenes is 1. The Morgan fingerprint density at radius 2 is 2.05 bits per heavy atom. The molecule has 0 aliphatic rings. The molecule has 0 heterocycles. The van der Waals surface area contributed by atoms with Gasteiger partial charge in [0, 0.05) is 12.5 Å². The van der Waals surface area contributed by atoms with Crippen LogP contribution in [0.15, 0.2) is 18.2 Å². The van der Waals surface area contributed by atoms with Crippen molar-refractivity contribution < 1.29 is 17.6 Å². The van der Waals surface area contributed by atoms with Gasteiger partial charge in [0.2, 0.25) is 0 Å². The van der Waals surface area contributed by atoms with E-state index in [2.05, 4.69) is 11.2 Å². The molecule has 1 N–H and O–H groups in total. The fourth-order valence-corrected chi connectivity index (χ4v) is 1.81. The summed E-state index contributed by atoms with van der Waals surface area (Å²) in [6.07, 6.45) is 1.47. The van der Waals surface area contributed by atoms with Gasteiger partial charge in [-0.25, -0.2) is 4.39 Å². The van der Waals surface area contributed by atoms with Crippen LogP contribution in [0.5, 0.6) is 0 Å². The van der Waals surface area contributed by atoms with E-state index in [0.29, 0.717) is 6.54 Å². The van der Waals surface area contributed by atoms with Crippen molar-refractivity contribution >= 4 is 0 Å². The zero-order valence-corrected chi connectivity index (χ0v) is 10.5. The molecule has 0 aliphatic carbocycles. The van der Waals surface area contributed by atoms with Gasteiger partial charge in [0.05, 0.1) is 5.56 Å². The van der Waals surface area contributed by atoms with E-state index in [4.69, 9.17) is 6.42 Å². The van der Waals surface area contributed by atoms with E-state index in [1.807, 2.05) is 6.92 Å². The van der Waals surface area contributed by atoms with Crippen LogP contribution in [0.4, 0.5) is 17.6 Å². The lowest BCUT2D eigenvalue weighted by Gasteiger charge is -2.21. The van der Waals surface area contributed by atoms with Crippen LogP contribution in [0.2, 0.25) is 0 Å². The molecule has 104 valence electrons. The van der Waals surface area contributed by atoms with Gasteiger partial charge in [-0.3, -0.25) is 0 Å². The molecule has 0 aromatic heterocycles. The SMILES string of the molecule is C#CCC(NCCC)c1cc(F)ccc1C(F)(F)F. The van der Waals surface area contributed by atoms with E-state index >= 15 is 0 Å².